The summed E-state index contributed by atoms with van der Waals surface area (Å²) in [7, 11) is 5.51. The fraction of sp³-hybridized carbons (Fsp3) is 0.644. The number of rotatable bonds is 46. The number of ether oxygens (including phenoxy) is 3. The number of quaternary nitrogens is 1. The van der Waals surface area contributed by atoms with Gasteiger partial charge in [-0.1, -0.05) is 194 Å². The molecular weight excluding hydrogens is 835 g/mol. The molecule has 0 aliphatic carbocycles. The number of esters is 2. The van der Waals surface area contributed by atoms with E-state index in [0.717, 1.165) is 70.6 Å². The molecule has 380 valence electrons. The molecule has 0 spiro atoms. The van der Waals surface area contributed by atoms with Crippen LogP contribution >= 0.6 is 0 Å². The van der Waals surface area contributed by atoms with Crippen LogP contribution in [0.2, 0.25) is 0 Å². The van der Waals surface area contributed by atoms with Crippen LogP contribution in [0.4, 0.5) is 0 Å². The normalized spacial score (nSPS) is 13.7. The lowest BCUT2D eigenvalue weighted by Gasteiger charge is -2.31. The minimum atomic E-state index is -0.888. The molecule has 8 nitrogen and oxygen atoms in total. The molecule has 0 saturated carbocycles. The highest BCUT2D eigenvalue weighted by atomic mass is 16.6. The number of allylic oxidation sites excluding steroid dienone is 18. The van der Waals surface area contributed by atoms with Crippen LogP contribution in [0.3, 0.4) is 0 Å². The fourth-order valence-corrected chi connectivity index (χ4v) is 7.13. The maximum atomic E-state index is 12.8. The second kappa shape index (κ2) is 48.4. The highest BCUT2D eigenvalue weighted by Gasteiger charge is 2.31. The van der Waals surface area contributed by atoms with Gasteiger partial charge in [-0.05, 0) is 89.9 Å². The summed E-state index contributed by atoms with van der Waals surface area (Å²) in [6.45, 7) is 4.54. The summed E-state index contributed by atoms with van der Waals surface area (Å²) in [6.07, 6.45) is 67.2. The van der Waals surface area contributed by atoms with E-state index >= 15 is 0 Å². The topological polar surface area (TPSA) is 99.1 Å². The van der Waals surface area contributed by atoms with E-state index in [1.165, 1.54) is 83.5 Å². The van der Waals surface area contributed by atoms with E-state index in [-0.39, 0.29) is 42.7 Å². The van der Waals surface area contributed by atoms with E-state index in [0.29, 0.717) is 19.3 Å². The van der Waals surface area contributed by atoms with Crippen LogP contribution in [0, 0.1) is 0 Å². The first-order valence-corrected chi connectivity index (χ1v) is 26.4. The van der Waals surface area contributed by atoms with Crippen LogP contribution in [0.25, 0.3) is 0 Å². The Morgan fingerprint density at radius 1 is 0.478 bits per heavy atom. The zero-order valence-electron chi connectivity index (χ0n) is 43.3. The molecule has 8 heteroatoms. The van der Waals surface area contributed by atoms with Crippen LogP contribution in [-0.4, -0.2) is 80.6 Å². The number of likely N-dealkylation sites (N-methyl/N-ethyl adjacent to an activating group) is 1. The summed E-state index contributed by atoms with van der Waals surface area (Å²) in [5, 5.41) is 9.66. The minimum absolute atomic E-state index is 0.0301. The maximum Gasteiger partial charge on any atom is 0.362 e. The van der Waals surface area contributed by atoms with E-state index in [2.05, 4.69) is 123 Å². The van der Waals surface area contributed by atoms with Gasteiger partial charge in [-0.15, -0.1) is 0 Å². The summed E-state index contributed by atoms with van der Waals surface area (Å²) in [6, 6.07) is -0.633. The van der Waals surface area contributed by atoms with Crippen LogP contribution in [0.15, 0.2) is 109 Å². The number of carboxylic acids is 1. The monoisotopic (exact) mass is 933 g/mol. The first-order valence-electron chi connectivity index (χ1n) is 26.4. The Hall–Kier alpha value is -4.01. The number of carbonyl (C=O) groups excluding carboxylic acids is 2. The summed E-state index contributed by atoms with van der Waals surface area (Å²) in [4.78, 5) is 37.2. The number of hydrogen-bond donors (Lipinski definition) is 1. The number of carboxylic acid groups (broad SMARTS) is 1. The van der Waals surface area contributed by atoms with E-state index < -0.39 is 18.1 Å². The van der Waals surface area contributed by atoms with Crippen LogP contribution in [-0.2, 0) is 28.6 Å². The second-order valence-corrected chi connectivity index (χ2v) is 18.4. The van der Waals surface area contributed by atoms with Crippen molar-refractivity contribution < 1.29 is 38.2 Å². The summed E-state index contributed by atoms with van der Waals surface area (Å²) in [5.74, 6) is -1.56. The number of hydrogen-bond acceptors (Lipinski definition) is 6. The zero-order chi connectivity index (χ0) is 49.2. The van der Waals surface area contributed by atoms with E-state index in [9.17, 15) is 19.5 Å². The molecule has 0 amide bonds. The maximum absolute atomic E-state index is 12.8. The molecule has 0 saturated heterocycles. The van der Waals surface area contributed by atoms with Gasteiger partial charge in [-0.3, -0.25) is 9.59 Å². The molecule has 67 heavy (non-hydrogen) atoms. The van der Waals surface area contributed by atoms with E-state index in [1.807, 2.05) is 21.1 Å². The second-order valence-electron chi connectivity index (χ2n) is 18.4. The molecule has 0 aromatic heterocycles. The number of aliphatic carboxylic acids is 1. The lowest BCUT2D eigenvalue weighted by molar-refractivity contribution is -0.887. The Morgan fingerprint density at radius 2 is 0.896 bits per heavy atom. The smallest absolute Gasteiger partial charge is 0.362 e. The van der Waals surface area contributed by atoms with Crippen molar-refractivity contribution in [2.75, 3.05) is 41.0 Å². The van der Waals surface area contributed by atoms with Crippen molar-refractivity contribution in [2.45, 2.75) is 206 Å². The van der Waals surface area contributed by atoms with Gasteiger partial charge in [0.1, 0.15) is 6.61 Å². The van der Waals surface area contributed by atoms with Crippen molar-refractivity contribution in [1.29, 1.82) is 0 Å². The Morgan fingerprint density at radius 3 is 1.36 bits per heavy atom. The molecule has 0 rings (SSSR count). The molecule has 0 aliphatic heterocycles. The van der Waals surface area contributed by atoms with Crippen LogP contribution < -0.4 is 0 Å². The molecule has 0 aromatic rings. The first kappa shape index (κ1) is 63.0. The number of nitrogens with zero attached hydrogens (tertiary/aromatic N) is 1. The van der Waals surface area contributed by atoms with Gasteiger partial charge in [-0.2, -0.15) is 0 Å². The quantitative estimate of drug-likeness (QED) is 0.0213. The SMILES string of the molecule is CC/C=C/C/C=C/C/C=C/C/C=C/C/C=C/C/C=C/C/C=C/CCCC(=O)OC(COCCC(C(=O)O)[N+](C)(C)C)COC(=O)CCCCCCCCCCCC/C=C/C=C/CCCCCC. The van der Waals surface area contributed by atoms with E-state index in [4.69, 9.17) is 14.2 Å². The standard InChI is InChI=1S/C59H97NO7/c1-6-8-10-12-14-16-18-20-22-24-26-28-29-30-32-34-36-38-40-42-44-46-48-50-58(62)67-55(53-65-52-51-56(59(63)64)60(3,4)5)54-66-57(61)49-47-45-43-41-39-37-35-33-31-27-25-23-21-19-17-15-13-11-9-7-2/h8,10,14,16-17,19-23,26,28,30,32,36,38,42,44,55-56H,6-7,9,11-13,15,18,24-25,27,29,31,33-35,37,39-41,43,45-54H2,1-5H3/p+1/b10-8+,16-14+,19-17+,22-20+,23-21+,28-26+,32-30+,38-36+,44-42+. The summed E-state index contributed by atoms with van der Waals surface area (Å²) in [5.41, 5.74) is 0. The van der Waals surface area contributed by atoms with Gasteiger partial charge in [-0.25, -0.2) is 4.79 Å². The highest BCUT2D eigenvalue weighted by molar-refractivity contribution is 5.72. The van der Waals surface area contributed by atoms with Gasteiger partial charge in [0.25, 0.3) is 0 Å². The molecular formula is C59H98NO7+. The molecule has 2 unspecified atom stereocenters. The summed E-state index contributed by atoms with van der Waals surface area (Å²) >= 11 is 0. The zero-order valence-corrected chi connectivity index (χ0v) is 43.3. The molecule has 1 N–H and O–H groups in total. The molecule has 0 aromatic carbocycles. The van der Waals surface area contributed by atoms with Crippen molar-refractivity contribution >= 4 is 17.9 Å². The van der Waals surface area contributed by atoms with Gasteiger partial charge in [0.15, 0.2) is 12.1 Å². The van der Waals surface area contributed by atoms with Crippen molar-refractivity contribution in [1.82, 2.24) is 0 Å². The Kier molecular flexibility index (Phi) is 45.5. The van der Waals surface area contributed by atoms with Gasteiger partial charge in [0, 0.05) is 19.3 Å². The van der Waals surface area contributed by atoms with Gasteiger partial charge in [0.05, 0.1) is 34.4 Å². The lowest BCUT2D eigenvalue weighted by atomic mass is 10.1. The summed E-state index contributed by atoms with van der Waals surface area (Å²) < 4.78 is 17.3. The third kappa shape index (κ3) is 46.9. The number of carbonyl (C=O) groups is 3. The number of unbranched alkanes of at least 4 members (excludes halogenated alkanes) is 15. The average Bonchev–Trinajstić information content (AvgIpc) is 3.29. The van der Waals surface area contributed by atoms with Crippen molar-refractivity contribution in [3.8, 4) is 0 Å². The molecule has 2 atom stereocenters. The lowest BCUT2D eigenvalue weighted by Crippen LogP contribution is -2.50. The van der Waals surface area contributed by atoms with Gasteiger partial charge >= 0.3 is 17.9 Å². The van der Waals surface area contributed by atoms with Gasteiger partial charge < -0.3 is 23.8 Å². The Labute approximate surface area is 410 Å². The van der Waals surface area contributed by atoms with Crippen molar-refractivity contribution in [3.05, 3.63) is 109 Å². The minimum Gasteiger partial charge on any atom is -0.477 e. The first-order chi connectivity index (χ1) is 32.6. The van der Waals surface area contributed by atoms with Gasteiger partial charge in [0.2, 0.25) is 0 Å². The predicted molar refractivity (Wildman–Crippen MR) is 284 cm³/mol. The third-order valence-electron chi connectivity index (χ3n) is 11.2. The molecule has 0 bridgehead atoms. The largest absolute Gasteiger partial charge is 0.477 e. The van der Waals surface area contributed by atoms with E-state index in [1.54, 1.807) is 0 Å². The average molecular weight is 933 g/mol. The Balaban J connectivity index is 4.37. The Bertz CT molecular complexity index is 1460. The molecule has 0 radical (unpaired) electrons. The third-order valence-corrected chi connectivity index (χ3v) is 11.2. The highest BCUT2D eigenvalue weighted by Crippen LogP contribution is 2.14. The molecule has 0 aliphatic rings. The molecule has 0 heterocycles. The van der Waals surface area contributed by atoms with Crippen molar-refractivity contribution in [2.24, 2.45) is 0 Å². The van der Waals surface area contributed by atoms with Crippen molar-refractivity contribution in [3.63, 3.8) is 0 Å². The van der Waals surface area contributed by atoms with Crippen LogP contribution in [0.1, 0.15) is 194 Å². The van der Waals surface area contributed by atoms with Crippen LogP contribution in [0.5, 0.6) is 0 Å². The fourth-order valence-electron chi connectivity index (χ4n) is 7.13. The molecule has 0 fully saturated rings. The predicted octanol–water partition coefficient (Wildman–Crippen LogP) is 15.6.